The van der Waals surface area contributed by atoms with Crippen molar-refractivity contribution < 1.29 is 44.3 Å². The third kappa shape index (κ3) is 13.9. The third-order valence-corrected chi connectivity index (χ3v) is 5.56. The number of nitriles is 1. The number of carboxylic acid groups (broad SMARTS) is 4. The fourth-order valence-corrected chi connectivity index (χ4v) is 3.44. The van der Waals surface area contributed by atoms with Crippen LogP contribution in [0.15, 0.2) is 48.5 Å². The summed E-state index contributed by atoms with van der Waals surface area (Å²) in [5.41, 5.74) is 5.17. The molecule has 3 rings (SSSR count). The summed E-state index contributed by atoms with van der Waals surface area (Å²) in [4.78, 5) is 41.0. The van der Waals surface area contributed by atoms with E-state index < -0.39 is 23.9 Å². The van der Waals surface area contributed by atoms with E-state index >= 15 is 0 Å². The van der Waals surface area contributed by atoms with Gasteiger partial charge in [0.25, 0.3) is 0 Å². The number of ether oxygens (including phenoxy) is 1. The Morgan fingerprint density at radius 2 is 1.40 bits per heavy atom. The van der Waals surface area contributed by atoms with Crippen molar-refractivity contribution in [2.45, 2.75) is 26.1 Å². The fourth-order valence-electron chi connectivity index (χ4n) is 3.44. The highest BCUT2D eigenvalue weighted by Gasteiger charge is 2.12. The van der Waals surface area contributed by atoms with Crippen molar-refractivity contribution in [2.75, 3.05) is 44.8 Å². The standard InChI is InChI=1S/C23H30N4O.2C2H2O4/c1-26(12-4-11-24)23-9-7-20(8-10-23)17-25-18-21-5-2-3-6-22(21)19-27-13-15-28-16-14-27;2*3-1(4)2(5)6/h2-3,5-10,25H,4,12-19H2,1H3;2*(H,3,4)(H,5,6). The van der Waals surface area contributed by atoms with E-state index in [1.54, 1.807) is 0 Å². The van der Waals surface area contributed by atoms with E-state index in [0.29, 0.717) is 6.42 Å². The molecule has 13 nitrogen and oxygen atoms in total. The molecular weight excluding hydrogens is 524 g/mol. The maximum atomic E-state index is 9.10. The zero-order valence-corrected chi connectivity index (χ0v) is 22.2. The Hall–Kier alpha value is -4.51. The molecule has 0 atom stereocenters. The Balaban J connectivity index is 0.000000559. The number of nitrogens with zero attached hydrogens (tertiary/aromatic N) is 3. The molecule has 1 aliphatic heterocycles. The number of carboxylic acids is 4. The Labute approximate surface area is 231 Å². The molecule has 1 heterocycles. The summed E-state index contributed by atoms with van der Waals surface area (Å²) >= 11 is 0. The molecule has 0 spiro atoms. The first-order valence-electron chi connectivity index (χ1n) is 12.2. The predicted molar refractivity (Wildman–Crippen MR) is 144 cm³/mol. The van der Waals surface area contributed by atoms with E-state index in [0.717, 1.165) is 58.2 Å². The lowest BCUT2D eigenvalue weighted by Gasteiger charge is -2.27. The summed E-state index contributed by atoms with van der Waals surface area (Å²) in [6.07, 6.45) is 0.545. The van der Waals surface area contributed by atoms with E-state index in [-0.39, 0.29) is 0 Å². The van der Waals surface area contributed by atoms with Crippen LogP contribution in [-0.2, 0) is 43.5 Å². The molecule has 0 saturated carbocycles. The van der Waals surface area contributed by atoms with Crippen LogP contribution >= 0.6 is 0 Å². The summed E-state index contributed by atoms with van der Waals surface area (Å²) in [5, 5.41) is 41.9. The molecule has 5 N–H and O–H groups in total. The van der Waals surface area contributed by atoms with Crippen LogP contribution in [0.5, 0.6) is 0 Å². The second-order valence-corrected chi connectivity index (χ2v) is 8.48. The molecule has 0 unspecified atom stereocenters. The number of benzene rings is 2. The number of rotatable bonds is 9. The minimum absolute atomic E-state index is 0.545. The number of carbonyl (C=O) groups is 4. The number of aliphatic carboxylic acids is 4. The van der Waals surface area contributed by atoms with Gasteiger partial charge in [-0.2, -0.15) is 5.26 Å². The lowest BCUT2D eigenvalue weighted by molar-refractivity contribution is -0.159. The van der Waals surface area contributed by atoms with Crippen LogP contribution in [0.4, 0.5) is 5.69 Å². The van der Waals surface area contributed by atoms with Gasteiger partial charge in [-0.15, -0.1) is 0 Å². The average Bonchev–Trinajstić information content (AvgIpc) is 2.94. The van der Waals surface area contributed by atoms with Gasteiger partial charge in [-0.3, -0.25) is 4.90 Å². The molecule has 13 heteroatoms. The number of anilines is 1. The van der Waals surface area contributed by atoms with Crippen LogP contribution in [0.3, 0.4) is 0 Å². The van der Waals surface area contributed by atoms with Gasteiger partial charge < -0.3 is 35.4 Å². The Bertz CT molecular complexity index is 1100. The molecule has 40 heavy (non-hydrogen) atoms. The highest BCUT2D eigenvalue weighted by atomic mass is 16.5. The van der Waals surface area contributed by atoms with Gasteiger partial charge in [-0.25, -0.2) is 19.2 Å². The second kappa shape index (κ2) is 18.7. The highest BCUT2D eigenvalue weighted by molar-refractivity contribution is 6.27. The molecular formula is C27H34N4O9. The van der Waals surface area contributed by atoms with E-state index in [4.69, 9.17) is 49.6 Å². The molecule has 0 aromatic heterocycles. The van der Waals surface area contributed by atoms with Crippen molar-refractivity contribution in [3.8, 4) is 6.07 Å². The lowest BCUT2D eigenvalue weighted by Crippen LogP contribution is -2.36. The normalized spacial score (nSPS) is 12.4. The summed E-state index contributed by atoms with van der Waals surface area (Å²) in [5.74, 6) is -7.30. The van der Waals surface area contributed by atoms with Crippen molar-refractivity contribution in [2.24, 2.45) is 0 Å². The van der Waals surface area contributed by atoms with Crippen molar-refractivity contribution in [1.82, 2.24) is 10.2 Å². The first kappa shape index (κ1) is 33.5. The van der Waals surface area contributed by atoms with E-state index in [2.05, 4.69) is 69.7 Å². The Kier molecular flexibility index (Phi) is 15.7. The molecule has 2 aromatic rings. The predicted octanol–water partition coefficient (Wildman–Crippen LogP) is 1.47. The summed E-state index contributed by atoms with van der Waals surface area (Å²) in [7, 11) is 2.02. The summed E-state index contributed by atoms with van der Waals surface area (Å²) < 4.78 is 5.45. The molecule has 0 radical (unpaired) electrons. The molecule has 2 aromatic carbocycles. The zero-order chi connectivity index (χ0) is 29.9. The van der Waals surface area contributed by atoms with Gasteiger partial charge in [0.15, 0.2) is 0 Å². The molecule has 1 fully saturated rings. The molecule has 0 aliphatic carbocycles. The van der Waals surface area contributed by atoms with Crippen molar-refractivity contribution >= 4 is 29.6 Å². The van der Waals surface area contributed by atoms with E-state index in [1.807, 2.05) is 7.05 Å². The van der Waals surface area contributed by atoms with Crippen LogP contribution in [0.2, 0.25) is 0 Å². The smallest absolute Gasteiger partial charge is 0.414 e. The lowest BCUT2D eigenvalue weighted by atomic mass is 10.1. The van der Waals surface area contributed by atoms with Gasteiger partial charge in [-0.1, -0.05) is 36.4 Å². The quantitative estimate of drug-likeness (QED) is 0.277. The minimum atomic E-state index is -1.82. The van der Waals surface area contributed by atoms with Crippen LogP contribution in [0.25, 0.3) is 0 Å². The first-order chi connectivity index (χ1) is 19.0. The zero-order valence-electron chi connectivity index (χ0n) is 22.2. The fraction of sp³-hybridized carbons (Fsp3) is 0.370. The minimum Gasteiger partial charge on any atom is -0.473 e. The van der Waals surface area contributed by atoms with Gasteiger partial charge in [0.05, 0.1) is 25.7 Å². The molecule has 1 saturated heterocycles. The molecule has 1 aliphatic rings. The van der Waals surface area contributed by atoms with Crippen molar-refractivity contribution in [1.29, 1.82) is 5.26 Å². The highest BCUT2D eigenvalue weighted by Crippen LogP contribution is 2.15. The molecule has 0 amide bonds. The number of hydrogen-bond acceptors (Lipinski definition) is 9. The van der Waals surface area contributed by atoms with Crippen molar-refractivity contribution in [3.63, 3.8) is 0 Å². The van der Waals surface area contributed by atoms with Gasteiger partial charge in [0, 0.05) is 52.0 Å². The van der Waals surface area contributed by atoms with Gasteiger partial charge in [0.2, 0.25) is 0 Å². The summed E-state index contributed by atoms with van der Waals surface area (Å²) in [6.45, 7) is 7.15. The Morgan fingerprint density at radius 1 is 0.875 bits per heavy atom. The number of morpholine rings is 1. The largest absolute Gasteiger partial charge is 0.473 e. The monoisotopic (exact) mass is 558 g/mol. The average molecular weight is 559 g/mol. The Morgan fingerprint density at radius 3 is 1.90 bits per heavy atom. The van der Waals surface area contributed by atoms with Crippen LogP contribution in [0.1, 0.15) is 23.1 Å². The maximum Gasteiger partial charge on any atom is 0.414 e. The van der Waals surface area contributed by atoms with Gasteiger partial charge >= 0.3 is 23.9 Å². The van der Waals surface area contributed by atoms with Crippen LogP contribution in [-0.4, -0.2) is 89.1 Å². The van der Waals surface area contributed by atoms with Gasteiger partial charge in [-0.05, 0) is 28.8 Å². The third-order valence-electron chi connectivity index (χ3n) is 5.56. The van der Waals surface area contributed by atoms with Crippen LogP contribution in [0, 0.1) is 11.3 Å². The first-order valence-corrected chi connectivity index (χ1v) is 12.2. The summed E-state index contributed by atoms with van der Waals surface area (Å²) in [6, 6.07) is 19.5. The second-order valence-electron chi connectivity index (χ2n) is 8.48. The topological polar surface area (TPSA) is 201 Å². The van der Waals surface area contributed by atoms with E-state index in [1.165, 1.54) is 16.7 Å². The van der Waals surface area contributed by atoms with Crippen molar-refractivity contribution in [3.05, 3.63) is 65.2 Å². The van der Waals surface area contributed by atoms with Gasteiger partial charge in [0.1, 0.15) is 0 Å². The molecule has 0 bridgehead atoms. The SMILES string of the molecule is CN(CCC#N)c1ccc(CNCc2ccccc2CN2CCOCC2)cc1.O=C(O)C(=O)O.O=C(O)C(=O)O. The number of hydrogen-bond donors (Lipinski definition) is 5. The molecule has 216 valence electrons. The van der Waals surface area contributed by atoms with E-state index in [9.17, 15) is 0 Å². The maximum absolute atomic E-state index is 9.10. The van der Waals surface area contributed by atoms with Crippen LogP contribution < -0.4 is 10.2 Å². The number of nitrogens with one attached hydrogen (secondary N) is 1.